The highest BCUT2D eigenvalue weighted by Crippen LogP contribution is 2.20. The van der Waals surface area contributed by atoms with E-state index in [-0.39, 0.29) is 12.1 Å². The monoisotopic (exact) mass is 311 g/mol. The van der Waals surface area contributed by atoms with Crippen LogP contribution in [0.25, 0.3) is 0 Å². The molecule has 0 bridgehead atoms. The van der Waals surface area contributed by atoms with E-state index in [2.05, 4.69) is 31.3 Å². The first-order valence-electron chi connectivity index (χ1n) is 7.91. The molecule has 4 heteroatoms. The van der Waals surface area contributed by atoms with Crippen molar-refractivity contribution in [3.63, 3.8) is 0 Å². The molecule has 3 nitrogen and oxygen atoms in total. The van der Waals surface area contributed by atoms with E-state index in [0.29, 0.717) is 5.75 Å². The fraction of sp³-hybridized carbons (Fsp3) is 0.647. The minimum absolute atomic E-state index is 0.154. The highest BCUT2D eigenvalue weighted by molar-refractivity contribution is 7.85. The lowest BCUT2D eigenvalue weighted by Crippen LogP contribution is -2.26. The second-order valence-electron chi connectivity index (χ2n) is 5.51. The van der Waals surface area contributed by atoms with Gasteiger partial charge in [-0.1, -0.05) is 32.4 Å². The maximum atomic E-state index is 12.1. The lowest BCUT2D eigenvalue weighted by Gasteiger charge is -2.19. The van der Waals surface area contributed by atoms with Crippen molar-refractivity contribution < 1.29 is 8.95 Å². The summed E-state index contributed by atoms with van der Waals surface area (Å²) in [5, 5.41) is 3.43. The molecule has 1 rings (SSSR count). The summed E-state index contributed by atoms with van der Waals surface area (Å²) in [4.78, 5) is 0. The predicted molar refractivity (Wildman–Crippen MR) is 91.4 cm³/mol. The normalized spacial score (nSPS) is 14.1. The number of rotatable bonds is 10. The molecule has 0 radical (unpaired) electrons. The molecule has 0 saturated carbocycles. The molecule has 1 aromatic rings. The van der Waals surface area contributed by atoms with Crippen LogP contribution in [-0.4, -0.2) is 28.4 Å². The average Bonchev–Trinajstić information content (AvgIpc) is 2.45. The molecule has 0 aromatic heterocycles. The Bertz CT molecular complexity index is 417. The van der Waals surface area contributed by atoms with Crippen LogP contribution in [0.5, 0.6) is 5.75 Å². The van der Waals surface area contributed by atoms with E-state index < -0.39 is 10.8 Å². The molecule has 0 amide bonds. The Hall–Kier alpha value is -0.870. The summed E-state index contributed by atoms with van der Waals surface area (Å²) in [6, 6.07) is 8.29. The lowest BCUT2D eigenvalue weighted by molar-refractivity contribution is 0.242. The predicted octanol–water partition coefficient (Wildman–Crippen LogP) is 3.67. The van der Waals surface area contributed by atoms with Gasteiger partial charge in [-0.3, -0.25) is 4.21 Å². The zero-order valence-electron chi connectivity index (χ0n) is 13.7. The van der Waals surface area contributed by atoms with Gasteiger partial charge in [0.1, 0.15) is 5.75 Å². The molecule has 120 valence electrons. The summed E-state index contributed by atoms with van der Waals surface area (Å²) >= 11 is 0. The number of hydrogen-bond acceptors (Lipinski definition) is 3. The smallest absolute Gasteiger partial charge is 0.119 e. The largest absolute Gasteiger partial charge is 0.491 e. The second-order valence-corrected chi connectivity index (χ2v) is 7.13. The maximum absolute atomic E-state index is 12.1. The third kappa shape index (κ3) is 7.09. The van der Waals surface area contributed by atoms with Crippen molar-refractivity contribution in [1.82, 2.24) is 5.32 Å². The van der Waals surface area contributed by atoms with Gasteiger partial charge in [0, 0.05) is 28.3 Å². The first-order chi connectivity index (χ1) is 10.1. The van der Waals surface area contributed by atoms with Crippen LogP contribution in [0.1, 0.15) is 52.1 Å². The van der Waals surface area contributed by atoms with Crippen LogP contribution in [0, 0.1) is 0 Å². The molecular weight excluding hydrogens is 282 g/mol. The molecule has 1 N–H and O–H groups in total. The summed E-state index contributed by atoms with van der Waals surface area (Å²) in [5.74, 6) is 2.36. The first kappa shape index (κ1) is 18.2. The maximum Gasteiger partial charge on any atom is 0.119 e. The van der Waals surface area contributed by atoms with Crippen molar-refractivity contribution in [2.45, 2.75) is 52.7 Å². The van der Waals surface area contributed by atoms with Crippen molar-refractivity contribution >= 4 is 10.8 Å². The highest BCUT2D eigenvalue weighted by Gasteiger charge is 2.14. The topological polar surface area (TPSA) is 38.3 Å². The Morgan fingerprint density at radius 1 is 1.19 bits per heavy atom. The van der Waals surface area contributed by atoms with Crippen LogP contribution < -0.4 is 10.1 Å². The standard InChI is InChI=1S/C17H29NO2S/c1-5-7-12-21(19)13-17(18-6-2)15-8-10-16(11-9-15)20-14(3)4/h8-11,14,17-18H,5-7,12-13H2,1-4H3. The van der Waals surface area contributed by atoms with Crippen LogP contribution in [0.2, 0.25) is 0 Å². The van der Waals surface area contributed by atoms with Crippen molar-refractivity contribution in [2.24, 2.45) is 0 Å². The average molecular weight is 311 g/mol. The van der Waals surface area contributed by atoms with Gasteiger partial charge >= 0.3 is 0 Å². The van der Waals surface area contributed by atoms with E-state index >= 15 is 0 Å². The molecule has 2 atom stereocenters. The molecule has 2 unspecified atom stereocenters. The van der Waals surface area contributed by atoms with Crippen molar-refractivity contribution in [3.05, 3.63) is 29.8 Å². The van der Waals surface area contributed by atoms with Gasteiger partial charge in [0.2, 0.25) is 0 Å². The molecule has 0 heterocycles. The van der Waals surface area contributed by atoms with Gasteiger partial charge in [0.15, 0.2) is 0 Å². The lowest BCUT2D eigenvalue weighted by atomic mass is 10.1. The Morgan fingerprint density at radius 2 is 1.86 bits per heavy atom. The van der Waals surface area contributed by atoms with Crippen LogP contribution in [0.4, 0.5) is 0 Å². The SMILES string of the molecule is CCCCS(=O)CC(NCC)c1ccc(OC(C)C)cc1. The van der Waals surface area contributed by atoms with Gasteiger partial charge in [-0.25, -0.2) is 0 Å². The van der Waals surface area contributed by atoms with E-state index in [1.54, 1.807) is 0 Å². The van der Waals surface area contributed by atoms with Gasteiger partial charge < -0.3 is 10.1 Å². The van der Waals surface area contributed by atoms with E-state index in [0.717, 1.165) is 30.9 Å². The number of nitrogens with one attached hydrogen (secondary N) is 1. The molecular formula is C17H29NO2S. The molecule has 0 aliphatic rings. The van der Waals surface area contributed by atoms with E-state index in [9.17, 15) is 4.21 Å². The zero-order valence-corrected chi connectivity index (χ0v) is 14.5. The van der Waals surface area contributed by atoms with E-state index in [1.165, 1.54) is 5.56 Å². The second kappa shape index (κ2) is 9.96. The van der Waals surface area contributed by atoms with Crippen LogP contribution >= 0.6 is 0 Å². The van der Waals surface area contributed by atoms with Crippen molar-refractivity contribution in [1.29, 1.82) is 0 Å². The summed E-state index contributed by atoms with van der Waals surface area (Å²) in [6.45, 7) is 9.13. The van der Waals surface area contributed by atoms with Crippen LogP contribution in [-0.2, 0) is 10.8 Å². The number of benzene rings is 1. The van der Waals surface area contributed by atoms with Gasteiger partial charge in [0.25, 0.3) is 0 Å². The quantitative estimate of drug-likeness (QED) is 0.716. The molecule has 0 saturated heterocycles. The number of ether oxygens (including phenoxy) is 1. The van der Waals surface area contributed by atoms with Gasteiger partial charge in [0.05, 0.1) is 6.10 Å². The zero-order chi connectivity index (χ0) is 15.7. The fourth-order valence-corrected chi connectivity index (χ4v) is 3.60. The van der Waals surface area contributed by atoms with Crippen LogP contribution in [0.3, 0.4) is 0 Å². The fourth-order valence-electron chi connectivity index (χ4n) is 2.14. The molecule has 21 heavy (non-hydrogen) atoms. The van der Waals surface area contributed by atoms with Crippen LogP contribution in [0.15, 0.2) is 24.3 Å². The molecule has 0 fully saturated rings. The molecule has 0 aliphatic heterocycles. The van der Waals surface area contributed by atoms with Crippen molar-refractivity contribution in [2.75, 3.05) is 18.1 Å². The highest BCUT2D eigenvalue weighted by atomic mass is 32.2. The minimum atomic E-state index is -0.760. The third-order valence-electron chi connectivity index (χ3n) is 3.18. The minimum Gasteiger partial charge on any atom is -0.491 e. The molecule has 0 aliphatic carbocycles. The molecule has 1 aromatic carbocycles. The van der Waals surface area contributed by atoms with E-state index in [1.807, 2.05) is 26.0 Å². The Balaban J connectivity index is 2.68. The van der Waals surface area contributed by atoms with Gasteiger partial charge in [-0.2, -0.15) is 0 Å². The van der Waals surface area contributed by atoms with Crippen molar-refractivity contribution in [3.8, 4) is 5.75 Å². The number of unbranched alkanes of at least 4 members (excludes halogenated alkanes) is 1. The Labute approximate surface area is 131 Å². The van der Waals surface area contributed by atoms with Gasteiger partial charge in [-0.05, 0) is 44.5 Å². The summed E-state index contributed by atoms with van der Waals surface area (Å²) < 4.78 is 17.8. The first-order valence-corrected chi connectivity index (χ1v) is 9.40. The Kier molecular flexibility index (Phi) is 8.62. The summed E-state index contributed by atoms with van der Waals surface area (Å²) in [5.41, 5.74) is 1.18. The number of hydrogen-bond donors (Lipinski definition) is 1. The Morgan fingerprint density at radius 3 is 2.38 bits per heavy atom. The summed E-state index contributed by atoms with van der Waals surface area (Å²) in [7, 11) is -0.760. The third-order valence-corrected chi connectivity index (χ3v) is 4.63. The molecule has 0 spiro atoms. The van der Waals surface area contributed by atoms with Gasteiger partial charge in [-0.15, -0.1) is 0 Å². The summed E-state index contributed by atoms with van der Waals surface area (Å²) in [6.07, 6.45) is 2.31. The van der Waals surface area contributed by atoms with E-state index in [4.69, 9.17) is 4.74 Å².